The number of carbonyl (C=O) groups is 1. The molecule has 0 saturated carbocycles. The van der Waals surface area contributed by atoms with Gasteiger partial charge in [0, 0.05) is 17.4 Å². The second-order valence-corrected chi connectivity index (χ2v) is 5.16. The molecule has 19 heavy (non-hydrogen) atoms. The van der Waals surface area contributed by atoms with E-state index in [9.17, 15) is 9.18 Å². The fourth-order valence-corrected chi connectivity index (χ4v) is 2.53. The number of Topliss-reactive ketones (excluding diaryl/α,β-unsaturated/α-hetero) is 1. The van der Waals surface area contributed by atoms with Crippen LogP contribution in [0.2, 0.25) is 0 Å². The first kappa shape index (κ1) is 13.7. The first-order chi connectivity index (χ1) is 9.13. The molecule has 0 heterocycles. The van der Waals surface area contributed by atoms with Gasteiger partial charge in [0.05, 0.1) is 0 Å². The SMILES string of the molecule is CCCC(C)CC(=O)c1ccc(F)c2ccccc12. The van der Waals surface area contributed by atoms with Crippen LogP contribution in [0.25, 0.3) is 10.8 Å². The smallest absolute Gasteiger partial charge is 0.163 e. The van der Waals surface area contributed by atoms with Crippen LogP contribution in [0, 0.1) is 11.7 Å². The average Bonchev–Trinajstić information content (AvgIpc) is 2.39. The molecule has 1 atom stereocenters. The van der Waals surface area contributed by atoms with Crippen LogP contribution in [0.3, 0.4) is 0 Å². The monoisotopic (exact) mass is 258 g/mol. The highest BCUT2D eigenvalue weighted by Gasteiger charge is 2.14. The summed E-state index contributed by atoms with van der Waals surface area (Å²) in [5, 5.41) is 1.24. The third kappa shape index (κ3) is 3.01. The number of carbonyl (C=O) groups excluding carboxylic acids is 1. The van der Waals surface area contributed by atoms with Crippen molar-refractivity contribution in [1.82, 2.24) is 0 Å². The second kappa shape index (κ2) is 5.96. The summed E-state index contributed by atoms with van der Waals surface area (Å²) in [5.74, 6) is 0.215. The van der Waals surface area contributed by atoms with Crippen molar-refractivity contribution in [2.24, 2.45) is 5.92 Å². The normalized spacial score (nSPS) is 12.6. The summed E-state index contributed by atoms with van der Waals surface area (Å²) in [6.45, 7) is 4.21. The van der Waals surface area contributed by atoms with Crippen LogP contribution in [0.4, 0.5) is 4.39 Å². The van der Waals surface area contributed by atoms with Gasteiger partial charge < -0.3 is 0 Å². The van der Waals surface area contributed by atoms with Crippen LogP contribution < -0.4 is 0 Å². The van der Waals surface area contributed by atoms with Crippen molar-refractivity contribution in [3.8, 4) is 0 Å². The van der Waals surface area contributed by atoms with Crippen molar-refractivity contribution >= 4 is 16.6 Å². The van der Waals surface area contributed by atoms with Crippen LogP contribution in [-0.4, -0.2) is 5.78 Å². The van der Waals surface area contributed by atoms with E-state index < -0.39 is 0 Å². The molecule has 0 N–H and O–H groups in total. The molecule has 0 amide bonds. The van der Waals surface area contributed by atoms with Gasteiger partial charge in [0.2, 0.25) is 0 Å². The Balaban J connectivity index is 2.35. The molecule has 0 aliphatic rings. The van der Waals surface area contributed by atoms with E-state index in [4.69, 9.17) is 0 Å². The Morgan fingerprint density at radius 3 is 2.53 bits per heavy atom. The van der Waals surface area contributed by atoms with Gasteiger partial charge in [-0.3, -0.25) is 4.79 Å². The lowest BCUT2D eigenvalue weighted by Gasteiger charge is -2.11. The molecule has 0 spiro atoms. The number of hydrogen-bond donors (Lipinski definition) is 0. The van der Waals surface area contributed by atoms with E-state index in [0.29, 0.717) is 23.3 Å². The molecule has 0 aliphatic carbocycles. The first-order valence-electron chi connectivity index (χ1n) is 6.84. The molecular weight excluding hydrogens is 239 g/mol. The Labute approximate surface area is 113 Å². The van der Waals surface area contributed by atoms with Gasteiger partial charge in [0.25, 0.3) is 0 Å². The van der Waals surface area contributed by atoms with Crippen LogP contribution >= 0.6 is 0 Å². The predicted molar refractivity (Wildman–Crippen MR) is 76.9 cm³/mol. The van der Waals surface area contributed by atoms with Crippen LogP contribution in [0.5, 0.6) is 0 Å². The zero-order valence-electron chi connectivity index (χ0n) is 11.4. The molecule has 1 unspecified atom stereocenters. The van der Waals surface area contributed by atoms with Crippen LogP contribution in [0.15, 0.2) is 36.4 Å². The molecule has 0 saturated heterocycles. The third-order valence-electron chi connectivity index (χ3n) is 3.49. The Morgan fingerprint density at radius 1 is 1.16 bits per heavy atom. The summed E-state index contributed by atoms with van der Waals surface area (Å²) in [7, 11) is 0. The van der Waals surface area contributed by atoms with Crippen molar-refractivity contribution in [2.45, 2.75) is 33.1 Å². The Bertz CT molecular complexity index is 589. The van der Waals surface area contributed by atoms with Crippen LogP contribution in [-0.2, 0) is 0 Å². The Kier molecular flexibility index (Phi) is 4.31. The molecule has 0 bridgehead atoms. The lowest BCUT2D eigenvalue weighted by Crippen LogP contribution is -2.07. The van der Waals surface area contributed by atoms with Gasteiger partial charge >= 0.3 is 0 Å². The van der Waals surface area contributed by atoms with E-state index in [0.717, 1.165) is 18.2 Å². The maximum Gasteiger partial charge on any atom is 0.163 e. The molecule has 1 nitrogen and oxygen atoms in total. The van der Waals surface area contributed by atoms with Crippen molar-refractivity contribution in [1.29, 1.82) is 0 Å². The van der Waals surface area contributed by atoms with E-state index in [2.05, 4.69) is 13.8 Å². The summed E-state index contributed by atoms with van der Waals surface area (Å²) >= 11 is 0. The topological polar surface area (TPSA) is 17.1 Å². The van der Waals surface area contributed by atoms with Crippen molar-refractivity contribution < 1.29 is 9.18 Å². The van der Waals surface area contributed by atoms with Gasteiger partial charge in [-0.15, -0.1) is 0 Å². The number of ketones is 1. The fraction of sp³-hybridized carbons (Fsp3) is 0.353. The van der Waals surface area contributed by atoms with E-state index in [1.54, 1.807) is 18.2 Å². The minimum atomic E-state index is -0.270. The highest BCUT2D eigenvalue weighted by Crippen LogP contribution is 2.24. The summed E-state index contributed by atoms with van der Waals surface area (Å²) in [5.41, 5.74) is 0.639. The third-order valence-corrected chi connectivity index (χ3v) is 3.49. The molecule has 2 aromatic carbocycles. The lowest BCUT2D eigenvalue weighted by atomic mass is 9.93. The minimum Gasteiger partial charge on any atom is -0.294 e. The van der Waals surface area contributed by atoms with Crippen molar-refractivity contribution in [3.63, 3.8) is 0 Å². The molecule has 2 heteroatoms. The summed E-state index contributed by atoms with van der Waals surface area (Å²) in [4.78, 5) is 12.3. The second-order valence-electron chi connectivity index (χ2n) is 5.16. The summed E-state index contributed by atoms with van der Waals surface area (Å²) < 4.78 is 13.7. The van der Waals surface area contributed by atoms with E-state index >= 15 is 0 Å². The minimum absolute atomic E-state index is 0.108. The zero-order chi connectivity index (χ0) is 13.8. The predicted octanol–water partition coefficient (Wildman–Crippen LogP) is 4.99. The first-order valence-corrected chi connectivity index (χ1v) is 6.84. The molecule has 2 rings (SSSR count). The Hall–Kier alpha value is -1.70. The van der Waals surface area contributed by atoms with Gasteiger partial charge in [0.15, 0.2) is 5.78 Å². The van der Waals surface area contributed by atoms with Gasteiger partial charge in [-0.25, -0.2) is 4.39 Å². The molecule has 0 aromatic heterocycles. The lowest BCUT2D eigenvalue weighted by molar-refractivity contribution is 0.0964. The van der Waals surface area contributed by atoms with Crippen molar-refractivity contribution in [2.75, 3.05) is 0 Å². The molecule has 0 aliphatic heterocycles. The molecular formula is C17H19FO. The number of fused-ring (bicyclic) bond motifs is 1. The summed E-state index contributed by atoms with van der Waals surface area (Å²) in [6, 6.07) is 10.2. The number of hydrogen-bond acceptors (Lipinski definition) is 1. The van der Waals surface area contributed by atoms with Gasteiger partial charge in [-0.2, -0.15) is 0 Å². The molecule has 2 aromatic rings. The quantitative estimate of drug-likeness (QED) is 0.691. The number of rotatable bonds is 5. The van der Waals surface area contributed by atoms with E-state index in [1.807, 2.05) is 12.1 Å². The number of benzene rings is 2. The largest absolute Gasteiger partial charge is 0.294 e. The number of halogens is 1. The van der Waals surface area contributed by atoms with Gasteiger partial charge in [-0.05, 0) is 23.4 Å². The summed E-state index contributed by atoms with van der Waals surface area (Å²) in [6.07, 6.45) is 2.66. The highest BCUT2D eigenvalue weighted by atomic mass is 19.1. The molecule has 100 valence electrons. The van der Waals surface area contributed by atoms with Gasteiger partial charge in [-0.1, -0.05) is 51.0 Å². The average molecular weight is 258 g/mol. The van der Waals surface area contributed by atoms with Gasteiger partial charge in [0.1, 0.15) is 5.82 Å². The van der Waals surface area contributed by atoms with E-state index in [1.165, 1.54) is 6.07 Å². The zero-order valence-corrected chi connectivity index (χ0v) is 11.4. The molecule has 0 fully saturated rings. The van der Waals surface area contributed by atoms with E-state index in [-0.39, 0.29) is 11.6 Å². The molecule has 0 radical (unpaired) electrons. The fourth-order valence-electron chi connectivity index (χ4n) is 2.53. The van der Waals surface area contributed by atoms with Crippen molar-refractivity contribution in [3.05, 3.63) is 47.8 Å². The standard InChI is InChI=1S/C17H19FO/c1-3-6-12(2)11-17(19)15-9-10-16(18)14-8-5-4-7-13(14)15/h4-5,7-10,12H,3,6,11H2,1-2H3. The van der Waals surface area contributed by atoms with Crippen LogP contribution in [0.1, 0.15) is 43.5 Å². The maximum atomic E-state index is 13.7. The Morgan fingerprint density at radius 2 is 1.84 bits per heavy atom. The maximum absolute atomic E-state index is 13.7. The highest BCUT2D eigenvalue weighted by molar-refractivity contribution is 6.08.